The van der Waals surface area contributed by atoms with Crippen LogP contribution in [0.2, 0.25) is 0 Å². The maximum absolute atomic E-state index is 11.8. The Morgan fingerprint density at radius 3 is 2.33 bits per heavy atom. The van der Waals surface area contributed by atoms with Crippen LogP contribution in [0.1, 0.15) is 13.8 Å². The number of allylic oxidation sites excluding steroid dienone is 1. The van der Waals surface area contributed by atoms with Crippen molar-refractivity contribution >= 4 is 11.9 Å². The van der Waals surface area contributed by atoms with Crippen molar-refractivity contribution < 1.29 is 19.1 Å². The van der Waals surface area contributed by atoms with Gasteiger partial charge in [-0.25, -0.2) is 9.59 Å². The second kappa shape index (κ2) is 3.86. The summed E-state index contributed by atoms with van der Waals surface area (Å²) in [7, 11) is 4.59. The highest BCUT2D eigenvalue weighted by Gasteiger charge is 2.58. The van der Waals surface area contributed by atoms with Gasteiger partial charge in [-0.15, -0.1) is 0 Å². The van der Waals surface area contributed by atoms with Gasteiger partial charge in [-0.1, -0.05) is 6.08 Å². The Morgan fingerprint density at radius 2 is 1.83 bits per heavy atom. The first kappa shape index (κ1) is 12.7. The number of hydrogen-bond acceptors (Lipinski definition) is 5. The van der Waals surface area contributed by atoms with Crippen molar-refractivity contribution in [1.82, 2.24) is 4.90 Å². The van der Waals surface area contributed by atoms with E-state index in [-0.39, 0.29) is 17.9 Å². The van der Waals surface area contributed by atoms with E-state index in [2.05, 4.69) is 0 Å². The predicted octanol–water partition coefficient (Wildman–Crippen LogP) is 0.867. The highest BCUT2D eigenvalue weighted by Crippen LogP contribution is 2.53. The third kappa shape index (κ3) is 1.27. The highest BCUT2D eigenvalue weighted by molar-refractivity contribution is 5.99. The number of carbonyl (C=O) groups is 2. The average molecular weight is 251 g/mol. The molecule has 2 aliphatic rings. The largest absolute Gasteiger partial charge is 0.466 e. The van der Waals surface area contributed by atoms with Crippen molar-refractivity contribution in [3.05, 3.63) is 22.9 Å². The van der Waals surface area contributed by atoms with E-state index in [0.717, 1.165) is 5.70 Å². The Labute approximate surface area is 106 Å². The summed E-state index contributed by atoms with van der Waals surface area (Å²) in [5, 5.41) is 0. The number of hydrogen-bond donors (Lipinski definition) is 0. The SMILES string of the molecule is COC(=O)C1=CC2C(C(=O)OC)=C(C)N(C)C12C. The quantitative estimate of drug-likeness (QED) is 0.681. The van der Waals surface area contributed by atoms with Crippen LogP contribution < -0.4 is 0 Å². The first-order valence-corrected chi connectivity index (χ1v) is 5.73. The molecule has 98 valence electrons. The molecule has 0 N–H and O–H groups in total. The Bertz CT molecular complexity index is 491. The van der Waals surface area contributed by atoms with Crippen LogP contribution in [0.15, 0.2) is 22.9 Å². The second-order valence-corrected chi connectivity index (χ2v) is 4.75. The standard InChI is InChI=1S/C13H17NO4/c1-7-10(12(16)18-5)8-6-9(11(15)17-4)13(8,2)14(7)3/h6,8H,1-5H3. The molecule has 5 heteroatoms. The van der Waals surface area contributed by atoms with Gasteiger partial charge < -0.3 is 14.4 Å². The zero-order valence-electron chi connectivity index (χ0n) is 11.2. The topological polar surface area (TPSA) is 55.8 Å². The van der Waals surface area contributed by atoms with Gasteiger partial charge in [0.05, 0.1) is 30.9 Å². The van der Waals surface area contributed by atoms with Gasteiger partial charge in [-0.05, 0) is 13.8 Å². The number of esters is 2. The Hall–Kier alpha value is -1.78. The van der Waals surface area contributed by atoms with E-state index in [1.165, 1.54) is 14.2 Å². The third-order valence-corrected chi connectivity index (χ3v) is 4.20. The summed E-state index contributed by atoms with van der Waals surface area (Å²) in [5.41, 5.74) is 1.55. The van der Waals surface area contributed by atoms with E-state index in [0.29, 0.717) is 11.1 Å². The van der Waals surface area contributed by atoms with Crippen LogP contribution in [-0.2, 0) is 19.1 Å². The molecule has 1 aliphatic heterocycles. The fourth-order valence-electron chi connectivity index (χ4n) is 2.85. The molecule has 0 spiro atoms. The van der Waals surface area contributed by atoms with Crippen molar-refractivity contribution in [2.24, 2.45) is 5.92 Å². The lowest BCUT2D eigenvalue weighted by molar-refractivity contribution is -0.139. The molecular weight excluding hydrogens is 234 g/mol. The molecule has 5 nitrogen and oxygen atoms in total. The number of rotatable bonds is 2. The molecule has 0 aromatic heterocycles. The van der Waals surface area contributed by atoms with Crippen LogP contribution in [0.4, 0.5) is 0 Å². The summed E-state index contributed by atoms with van der Waals surface area (Å²) in [6.45, 7) is 3.79. The van der Waals surface area contributed by atoms with E-state index in [1.54, 1.807) is 6.08 Å². The maximum atomic E-state index is 11.8. The number of fused-ring (bicyclic) bond motifs is 1. The van der Waals surface area contributed by atoms with Crippen molar-refractivity contribution in [3.8, 4) is 0 Å². The third-order valence-electron chi connectivity index (χ3n) is 4.20. The first-order chi connectivity index (χ1) is 8.39. The molecular formula is C13H17NO4. The Kier molecular flexibility index (Phi) is 2.72. The summed E-state index contributed by atoms with van der Waals surface area (Å²) in [4.78, 5) is 25.4. The van der Waals surface area contributed by atoms with Crippen molar-refractivity contribution in [2.75, 3.05) is 21.3 Å². The average Bonchev–Trinajstić information content (AvgIpc) is 2.50. The molecule has 0 bridgehead atoms. The monoisotopic (exact) mass is 251 g/mol. The van der Waals surface area contributed by atoms with E-state index < -0.39 is 5.54 Å². The Morgan fingerprint density at radius 1 is 1.28 bits per heavy atom. The molecule has 0 aromatic carbocycles. The lowest BCUT2D eigenvalue weighted by atomic mass is 9.67. The summed E-state index contributed by atoms with van der Waals surface area (Å²) >= 11 is 0. The van der Waals surface area contributed by atoms with Crippen molar-refractivity contribution in [3.63, 3.8) is 0 Å². The molecule has 2 atom stereocenters. The smallest absolute Gasteiger partial charge is 0.336 e. The van der Waals surface area contributed by atoms with Crippen LogP contribution in [0.3, 0.4) is 0 Å². The molecule has 1 heterocycles. The second-order valence-electron chi connectivity index (χ2n) is 4.75. The van der Waals surface area contributed by atoms with Gasteiger partial charge >= 0.3 is 11.9 Å². The van der Waals surface area contributed by atoms with Crippen molar-refractivity contribution in [1.29, 1.82) is 0 Å². The molecule has 2 unspecified atom stereocenters. The number of carbonyl (C=O) groups excluding carboxylic acids is 2. The minimum absolute atomic E-state index is 0.107. The van der Waals surface area contributed by atoms with Gasteiger partial charge in [0.15, 0.2) is 0 Å². The van der Waals surface area contributed by atoms with Crippen LogP contribution >= 0.6 is 0 Å². The minimum atomic E-state index is -0.499. The van der Waals surface area contributed by atoms with Gasteiger partial charge in [0.1, 0.15) is 0 Å². The van der Waals surface area contributed by atoms with Crippen LogP contribution in [-0.4, -0.2) is 43.6 Å². The summed E-state index contributed by atoms with van der Waals surface area (Å²) in [5.74, 6) is -0.795. The lowest BCUT2D eigenvalue weighted by Gasteiger charge is -2.46. The summed E-state index contributed by atoms with van der Waals surface area (Å²) in [6.07, 6.45) is 1.78. The fraction of sp³-hybridized carbons (Fsp3) is 0.538. The number of ether oxygens (including phenoxy) is 2. The zero-order chi connectivity index (χ0) is 13.7. The summed E-state index contributed by atoms with van der Waals surface area (Å²) in [6, 6.07) is 0. The molecule has 0 amide bonds. The van der Waals surface area contributed by atoms with E-state index in [9.17, 15) is 9.59 Å². The van der Waals surface area contributed by atoms with Gasteiger partial charge in [0.2, 0.25) is 0 Å². The number of methoxy groups -OCH3 is 2. The zero-order valence-corrected chi connectivity index (χ0v) is 11.2. The molecule has 0 saturated heterocycles. The van der Waals surface area contributed by atoms with Crippen LogP contribution in [0.25, 0.3) is 0 Å². The predicted molar refractivity (Wildman–Crippen MR) is 64.5 cm³/mol. The minimum Gasteiger partial charge on any atom is -0.466 e. The number of nitrogens with zero attached hydrogens (tertiary/aromatic N) is 1. The molecule has 18 heavy (non-hydrogen) atoms. The maximum Gasteiger partial charge on any atom is 0.336 e. The normalized spacial score (nSPS) is 29.5. The highest BCUT2D eigenvalue weighted by atomic mass is 16.5. The molecule has 0 fully saturated rings. The fourth-order valence-corrected chi connectivity index (χ4v) is 2.85. The van der Waals surface area contributed by atoms with Gasteiger partial charge in [0.25, 0.3) is 0 Å². The molecule has 2 rings (SSSR count). The lowest BCUT2D eigenvalue weighted by Crippen LogP contribution is -2.54. The summed E-state index contributed by atoms with van der Waals surface area (Å²) < 4.78 is 9.57. The first-order valence-electron chi connectivity index (χ1n) is 5.73. The molecule has 0 aromatic rings. The Balaban J connectivity index is 2.43. The van der Waals surface area contributed by atoms with E-state index in [4.69, 9.17) is 9.47 Å². The van der Waals surface area contributed by atoms with Crippen LogP contribution in [0, 0.1) is 5.92 Å². The van der Waals surface area contributed by atoms with E-state index in [1.807, 2.05) is 25.8 Å². The van der Waals surface area contributed by atoms with Crippen molar-refractivity contribution in [2.45, 2.75) is 19.4 Å². The number of likely N-dealkylation sites (N-methyl/N-ethyl adjacent to an activating group) is 1. The van der Waals surface area contributed by atoms with Gasteiger partial charge in [-0.2, -0.15) is 0 Å². The molecule has 0 saturated carbocycles. The van der Waals surface area contributed by atoms with Gasteiger partial charge in [0, 0.05) is 18.7 Å². The molecule has 0 radical (unpaired) electrons. The molecule has 1 aliphatic carbocycles. The van der Waals surface area contributed by atoms with Crippen LogP contribution in [0.5, 0.6) is 0 Å². The van der Waals surface area contributed by atoms with E-state index >= 15 is 0 Å². The van der Waals surface area contributed by atoms with Gasteiger partial charge in [-0.3, -0.25) is 0 Å².